The smallest absolute Gasteiger partial charge is 0.240 e. The van der Waals surface area contributed by atoms with Crippen molar-refractivity contribution in [3.8, 4) is 0 Å². The fraction of sp³-hybridized carbons (Fsp3) is 0.619. The summed E-state index contributed by atoms with van der Waals surface area (Å²) in [6, 6.07) is 8.09. The van der Waals surface area contributed by atoms with Crippen molar-refractivity contribution in [1.29, 1.82) is 0 Å². The van der Waals surface area contributed by atoms with Crippen molar-refractivity contribution in [1.82, 2.24) is 4.90 Å². The van der Waals surface area contributed by atoms with Crippen LogP contribution in [-0.4, -0.2) is 49.6 Å². The number of carbonyl (C=O) groups excluding carboxylic acids is 2. The quantitative estimate of drug-likeness (QED) is 0.725. The summed E-state index contributed by atoms with van der Waals surface area (Å²) in [5, 5.41) is 0.777. The molecule has 3 aliphatic rings. The maximum absolute atomic E-state index is 13.0. The summed E-state index contributed by atoms with van der Waals surface area (Å²) in [6.07, 6.45) is 5.64. The fourth-order valence-electron chi connectivity index (χ4n) is 5.05. The Labute approximate surface area is 166 Å². The van der Waals surface area contributed by atoms with Crippen LogP contribution in [0.4, 0.5) is 0 Å². The number of halogens is 1. The molecule has 2 N–H and O–H groups in total. The number of piperazine rings is 1. The van der Waals surface area contributed by atoms with Crippen LogP contribution in [0.25, 0.3) is 0 Å². The van der Waals surface area contributed by atoms with Gasteiger partial charge < -0.3 is 9.80 Å². The highest BCUT2D eigenvalue weighted by atomic mass is 35.5. The van der Waals surface area contributed by atoms with Crippen LogP contribution in [0.5, 0.6) is 0 Å². The number of nitrogens with one attached hydrogen (secondary N) is 2. The molecule has 1 aliphatic carbocycles. The Hall–Kier alpha value is -1.43. The van der Waals surface area contributed by atoms with Gasteiger partial charge in [0.1, 0.15) is 32.7 Å². The van der Waals surface area contributed by atoms with E-state index in [1.165, 1.54) is 16.9 Å². The van der Waals surface area contributed by atoms with Gasteiger partial charge in [0.25, 0.3) is 0 Å². The van der Waals surface area contributed by atoms with E-state index in [9.17, 15) is 9.59 Å². The second-order valence-electron chi connectivity index (χ2n) is 8.61. The van der Waals surface area contributed by atoms with E-state index >= 15 is 0 Å². The first-order valence-corrected chi connectivity index (χ1v) is 10.7. The van der Waals surface area contributed by atoms with E-state index in [1.807, 2.05) is 12.1 Å². The Morgan fingerprint density at radius 2 is 1.56 bits per heavy atom. The van der Waals surface area contributed by atoms with E-state index in [4.69, 9.17) is 11.6 Å². The third-order valence-corrected chi connectivity index (χ3v) is 6.97. The minimum atomic E-state index is -0.351. The lowest BCUT2D eigenvalue weighted by molar-refractivity contribution is -1.02. The number of rotatable bonds is 4. The molecule has 3 fully saturated rings. The average Bonchev–Trinajstić information content (AvgIpc) is 2.90. The van der Waals surface area contributed by atoms with Crippen LogP contribution >= 0.6 is 11.6 Å². The number of amides is 2. The van der Waals surface area contributed by atoms with Crippen LogP contribution in [0.2, 0.25) is 5.02 Å². The number of nitrogens with zero attached hydrogens (tertiary/aromatic N) is 1. The van der Waals surface area contributed by atoms with Crippen LogP contribution in [0, 0.1) is 5.41 Å². The van der Waals surface area contributed by atoms with Crippen molar-refractivity contribution in [3.63, 3.8) is 0 Å². The first-order valence-electron chi connectivity index (χ1n) is 10.3. The van der Waals surface area contributed by atoms with Gasteiger partial charge in [0, 0.05) is 17.0 Å². The Morgan fingerprint density at radius 1 is 0.926 bits per heavy atom. The number of likely N-dealkylation sites (tertiary alicyclic amines) is 1. The molecule has 1 saturated carbocycles. The summed E-state index contributed by atoms with van der Waals surface area (Å²) >= 11 is 5.96. The molecule has 146 valence electrons. The Morgan fingerprint density at radius 3 is 2.22 bits per heavy atom. The number of imide groups is 1. The summed E-state index contributed by atoms with van der Waals surface area (Å²) < 4.78 is 0. The van der Waals surface area contributed by atoms with Gasteiger partial charge in [-0.2, -0.15) is 0 Å². The van der Waals surface area contributed by atoms with E-state index < -0.39 is 0 Å². The van der Waals surface area contributed by atoms with Gasteiger partial charge in [-0.15, -0.1) is 0 Å². The van der Waals surface area contributed by atoms with Crippen molar-refractivity contribution in [2.75, 3.05) is 32.8 Å². The van der Waals surface area contributed by atoms with Crippen molar-refractivity contribution < 1.29 is 19.4 Å². The van der Waals surface area contributed by atoms with Gasteiger partial charge in [-0.25, -0.2) is 4.90 Å². The maximum atomic E-state index is 13.0. The predicted octanol–water partition coefficient (Wildman–Crippen LogP) is 0.290. The van der Waals surface area contributed by atoms with Crippen LogP contribution < -0.4 is 9.80 Å². The summed E-state index contributed by atoms with van der Waals surface area (Å²) in [6.45, 7) is 5.72. The highest BCUT2D eigenvalue weighted by Crippen LogP contribution is 2.44. The molecule has 4 rings (SSSR count). The molecule has 0 unspecified atom stereocenters. The molecule has 6 heteroatoms. The normalized spacial score (nSPS) is 28.1. The van der Waals surface area contributed by atoms with Crippen LogP contribution in [0.1, 0.15) is 44.1 Å². The molecule has 0 atom stereocenters. The molecule has 1 aromatic rings. The van der Waals surface area contributed by atoms with Gasteiger partial charge in [-0.3, -0.25) is 9.59 Å². The van der Waals surface area contributed by atoms with Gasteiger partial charge in [-0.05, 0) is 25.0 Å². The minimum Gasteiger partial charge on any atom is -0.322 e. The zero-order valence-corrected chi connectivity index (χ0v) is 16.7. The lowest BCUT2D eigenvalue weighted by Gasteiger charge is -2.33. The van der Waals surface area contributed by atoms with Gasteiger partial charge in [0.2, 0.25) is 11.8 Å². The second-order valence-corrected chi connectivity index (χ2v) is 9.04. The van der Waals surface area contributed by atoms with E-state index in [1.54, 1.807) is 9.80 Å². The molecule has 1 aromatic carbocycles. The molecular weight excluding hydrogens is 362 g/mol. The third-order valence-electron chi connectivity index (χ3n) is 6.71. The Kier molecular flexibility index (Phi) is 5.53. The number of hydrogen-bond acceptors (Lipinski definition) is 2. The summed E-state index contributed by atoms with van der Waals surface area (Å²) in [5.41, 5.74) is 0.957. The van der Waals surface area contributed by atoms with Crippen molar-refractivity contribution in [3.05, 3.63) is 34.9 Å². The molecule has 27 heavy (non-hydrogen) atoms. The topological polar surface area (TPSA) is 46.3 Å². The zero-order chi connectivity index (χ0) is 18.9. The highest BCUT2D eigenvalue weighted by molar-refractivity contribution is 6.30. The Balaban J connectivity index is 1.29. The number of benzene rings is 1. The zero-order valence-electron chi connectivity index (χ0n) is 15.9. The first kappa shape index (κ1) is 18.9. The van der Waals surface area contributed by atoms with Crippen LogP contribution in [0.3, 0.4) is 0 Å². The van der Waals surface area contributed by atoms with Crippen LogP contribution in [-0.2, 0) is 16.1 Å². The van der Waals surface area contributed by atoms with Gasteiger partial charge in [0.15, 0.2) is 6.67 Å². The van der Waals surface area contributed by atoms with E-state index in [2.05, 4.69) is 12.1 Å². The molecule has 5 nitrogen and oxygen atoms in total. The largest absolute Gasteiger partial charge is 0.322 e. The first-order chi connectivity index (χ1) is 13.1. The SMILES string of the molecule is O=C1CC2(CCCCC2)C(=O)N1C[NH+]1CC[NH+](Cc2ccc(Cl)cc2)CC1. The standard InChI is InChI=1S/C21H28ClN3O2/c22-18-6-4-17(5-7-18)15-23-10-12-24(13-11-23)16-25-19(26)14-21(20(25)27)8-2-1-3-9-21/h4-7H,1-3,8-16H2/p+2. The molecule has 2 aliphatic heterocycles. The van der Waals surface area contributed by atoms with Crippen molar-refractivity contribution in [2.45, 2.75) is 45.1 Å². The number of quaternary nitrogens is 2. The molecule has 2 amide bonds. The summed E-state index contributed by atoms with van der Waals surface area (Å²) in [5.74, 6) is 0.181. The lowest BCUT2D eigenvalue weighted by atomic mass is 9.73. The molecule has 0 radical (unpaired) electrons. The highest BCUT2D eigenvalue weighted by Gasteiger charge is 2.52. The number of carbonyl (C=O) groups is 2. The van der Waals surface area contributed by atoms with Gasteiger partial charge in [-0.1, -0.05) is 43.0 Å². The average molecular weight is 392 g/mol. The van der Waals surface area contributed by atoms with Gasteiger partial charge >= 0.3 is 0 Å². The van der Waals surface area contributed by atoms with Crippen LogP contribution in [0.15, 0.2) is 24.3 Å². The molecule has 0 aromatic heterocycles. The molecule has 1 spiro atoms. The van der Waals surface area contributed by atoms with Crippen molar-refractivity contribution >= 4 is 23.4 Å². The summed E-state index contributed by atoms with van der Waals surface area (Å²) in [4.78, 5) is 30.0. The molecule has 2 saturated heterocycles. The molecular formula is C21H30ClN3O2+2. The Bertz CT molecular complexity index is 692. The van der Waals surface area contributed by atoms with E-state index in [0.29, 0.717) is 13.1 Å². The molecule has 2 heterocycles. The predicted molar refractivity (Wildman–Crippen MR) is 103 cm³/mol. The monoisotopic (exact) mass is 391 g/mol. The van der Waals surface area contributed by atoms with E-state index in [0.717, 1.165) is 63.4 Å². The fourth-order valence-corrected chi connectivity index (χ4v) is 5.17. The maximum Gasteiger partial charge on any atom is 0.240 e. The van der Waals surface area contributed by atoms with Gasteiger partial charge in [0.05, 0.1) is 5.41 Å². The minimum absolute atomic E-state index is 0.0605. The third kappa shape index (κ3) is 4.05. The second kappa shape index (κ2) is 7.90. The summed E-state index contributed by atoms with van der Waals surface area (Å²) in [7, 11) is 0. The molecule has 0 bridgehead atoms. The number of hydrogen-bond donors (Lipinski definition) is 2. The van der Waals surface area contributed by atoms with Crippen molar-refractivity contribution in [2.24, 2.45) is 5.41 Å². The lowest BCUT2D eigenvalue weighted by Crippen LogP contribution is -3.28. The van der Waals surface area contributed by atoms with E-state index in [-0.39, 0.29) is 17.2 Å².